The van der Waals surface area contributed by atoms with Crippen molar-refractivity contribution in [1.82, 2.24) is 0 Å². The standard InChI is InChI=1S/C42H82O18Si2/c1-61(35-7-17-53-28-31-57-23-12-40(45)46,36-8-18-54-29-32-58-24-13-41(47)48)34-6-16-52-26-27-55-19-9-37-62(2,38-10-20-56-30-33-59-25-14-42(49)50)60-21-5-3-4-15-51-22-11-39(43)44/h3-38H2,1-2H3,(H,43,44)(H,45,46)(H,47,48)(H,49,50). The Labute approximate surface area is 372 Å². The minimum absolute atomic E-state index is 0.0155. The molecule has 0 bridgehead atoms. The molecule has 0 aromatic heterocycles. The number of hydrogen-bond acceptors (Lipinski definition) is 14. The Bertz CT molecular complexity index is 942. The number of carboxylic acid groups (broad SMARTS) is 4. The second-order valence-electron chi connectivity index (χ2n) is 15.8. The van der Waals surface area contributed by atoms with Crippen molar-refractivity contribution in [2.45, 2.75) is 120 Å². The van der Waals surface area contributed by atoms with E-state index in [1.807, 2.05) is 0 Å². The molecule has 62 heavy (non-hydrogen) atoms. The fourth-order valence-electron chi connectivity index (χ4n) is 6.37. The van der Waals surface area contributed by atoms with Crippen molar-refractivity contribution in [3.05, 3.63) is 0 Å². The summed E-state index contributed by atoms with van der Waals surface area (Å²) in [4.78, 5) is 42.5. The number of carbonyl (C=O) groups is 4. The highest BCUT2D eigenvalue weighted by Gasteiger charge is 2.28. The molecule has 0 aromatic carbocycles. The summed E-state index contributed by atoms with van der Waals surface area (Å²) in [7, 11) is -3.65. The third-order valence-electron chi connectivity index (χ3n) is 9.91. The molecule has 20 heteroatoms. The van der Waals surface area contributed by atoms with Gasteiger partial charge in [0.2, 0.25) is 0 Å². The van der Waals surface area contributed by atoms with Crippen LogP contribution in [-0.2, 0) is 66.2 Å². The minimum Gasteiger partial charge on any atom is -0.481 e. The highest BCUT2D eigenvalue weighted by atomic mass is 28.4. The van der Waals surface area contributed by atoms with Gasteiger partial charge in [0, 0.05) is 46.2 Å². The van der Waals surface area contributed by atoms with Gasteiger partial charge in [-0.3, -0.25) is 19.2 Å². The highest BCUT2D eigenvalue weighted by Crippen LogP contribution is 2.26. The van der Waals surface area contributed by atoms with Crippen LogP contribution in [0.5, 0.6) is 0 Å². The van der Waals surface area contributed by atoms with Crippen molar-refractivity contribution in [2.75, 3.05) is 126 Å². The Morgan fingerprint density at radius 3 is 0.855 bits per heavy atom. The smallest absolute Gasteiger partial charge is 0.305 e. The summed E-state index contributed by atoms with van der Waals surface area (Å²) in [5.74, 6) is -3.50. The van der Waals surface area contributed by atoms with E-state index >= 15 is 0 Å². The van der Waals surface area contributed by atoms with E-state index in [2.05, 4.69) is 13.1 Å². The summed E-state index contributed by atoms with van der Waals surface area (Å²) in [6, 6.07) is 5.27. The lowest BCUT2D eigenvalue weighted by molar-refractivity contribution is -0.139. The van der Waals surface area contributed by atoms with Gasteiger partial charge in [-0.2, -0.15) is 0 Å². The summed E-state index contributed by atoms with van der Waals surface area (Å²) < 4.78 is 56.9. The van der Waals surface area contributed by atoms with E-state index in [1.165, 1.54) is 0 Å². The number of unbranched alkanes of at least 4 members (excludes halogenated alkanes) is 2. The summed E-state index contributed by atoms with van der Waals surface area (Å²) in [5.41, 5.74) is 0. The number of hydrogen-bond donors (Lipinski definition) is 4. The summed E-state index contributed by atoms with van der Waals surface area (Å²) in [6.45, 7) is 13.3. The zero-order valence-corrected chi connectivity index (χ0v) is 40.0. The first-order chi connectivity index (χ1) is 29.9. The maximum Gasteiger partial charge on any atom is 0.305 e. The lowest BCUT2D eigenvalue weighted by Gasteiger charge is -2.28. The normalized spacial score (nSPS) is 12.7. The lowest BCUT2D eigenvalue weighted by Crippen LogP contribution is -2.35. The van der Waals surface area contributed by atoms with E-state index < -0.39 is 40.3 Å². The van der Waals surface area contributed by atoms with Gasteiger partial charge in [-0.25, -0.2) is 0 Å². The molecule has 366 valence electrons. The maximum absolute atomic E-state index is 10.6. The van der Waals surface area contributed by atoms with Crippen LogP contribution in [0.3, 0.4) is 0 Å². The fourth-order valence-corrected chi connectivity index (χ4v) is 13.1. The molecule has 0 aromatic rings. The van der Waals surface area contributed by atoms with Gasteiger partial charge in [0.1, 0.15) is 0 Å². The van der Waals surface area contributed by atoms with E-state index in [9.17, 15) is 19.2 Å². The molecule has 0 aliphatic rings. The van der Waals surface area contributed by atoms with Crippen LogP contribution in [0, 0.1) is 0 Å². The molecule has 0 radical (unpaired) electrons. The first kappa shape index (κ1) is 59.9. The molecule has 0 rings (SSSR count). The van der Waals surface area contributed by atoms with Crippen LogP contribution in [0.15, 0.2) is 0 Å². The Morgan fingerprint density at radius 2 is 0.548 bits per heavy atom. The number of ether oxygens (including phenoxy) is 9. The Kier molecular flexibility index (Phi) is 41.4. The highest BCUT2D eigenvalue weighted by molar-refractivity contribution is 6.78. The minimum atomic E-state index is -2.03. The first-order valence-corrected chi connectivity index (χ1v) is 28.5. The maximum atomic E-state index is 10.6. The molecule has 0 aliphatic carbocycles. The Hall–Kier alpha value is -2.09. The molecule has 0 saturated heterocycles. The lowest BCUT2D eigenvalue weighted by atomic mass is 10.2. The molecule has 0 aliphatic heterocycles. The Balaban J connectivity index is 4.56. The molecule has 18 nitrogen and oxygen atoms in total. The van der Waals surface area contributed by atoms with Crippen molar-refractivity contribution < 1.29 is 86.7 Å². The van der Waals surface area contributed by atoms with Gasteiger partial charge in [0.25, 0.3) is 0 Å². The van der Waals surface area contributed by atoms with Gasteiger partial charge in [0.15, 0.2) is 8.32 Å². The van der Waals surface area contributed by atoms with Crippen LogP contribution in [0.25, 0.3) is 0 Å². The van der Waals surface area contributed by atoms with Crippen molar-refractivity contribution in [2.24, 2.45) is 0 Å². The van der Waals surface area contributed by atoms with Crippen LogP contribution < -0.4 is 0 Å². The average molecular weight is 931 g/mol. The second-order valence-corrected chi connectivity index (χ2v) is 25.1. The van der Waals surface area contributed by atoms with E-state index in [0.717, 1.165) is 81.6 Å². The molecule has 0 fully saturated rings. The zero-order valence-electron chi connectivity index (χ0n) is 38.0. The van der Waals surface area contributed by atoms with Crippen LogP contribution in [0.1, 0.15) is 77.0 Å². The molecular weight excluding hydrogens is 849 g/mol. The topological polar surface area (TPSA) is 241 Å². The van der Waals surface area contributed by atoms with Crippen LogP contribution in [0.2, 0.25) is 43.3 Å². The van der Waals surface area contributed by atoms with Gasteiger partial charge < -0.3 is 67.5 Å². The molecule has 1 unspecified atom stereocenters. The number of carboxylic acids is 4. The van der Waals surface area contributed by atoms with E-state index in [-0.39, 0.29) is 52.1 Å². The van der Waals surface area contributed by atoms with Crippen molar-refractivity contribution in [3.8, 4) is 0 Å². The summed E-state index contributed by atoms with van der Waals surface area (Å²) in [5, 5.41) is 34.9. The number of rotatable bonds is 51. The number of aliphatic carboxylic acids is 4. The van der Waals surface area contributed by atoms with Gasteiger partial charge in [-0.15, -0.1) is 0 Å². The summed E-state index contributed by atoms with van der Waals surface area (Å²) in [6.07, 6.45) is 7.32. The second kappa shape index (κ2) is 42.8. The average Bonchev–Trinajstić information content (AvgIpc) is 3.21. The van der Waals surface area contributed by atoms with Crippen molar-refractivity contribution in [1.29, 1.82) is 0 Å². The molecule has 0 heterocycles. The predicted molar refractivity (Wildman–Crippen MR) is 237 cm³/mol. The van der Waals surface area contributed by atoms with Crippen molar-refractivity contribution in [3.63, 3.8) is 0 Å². The zero-order chi connectivity index (χ0) is 45.8. The molecule has 1 atom stereocenters. The molecule has 4 N–H and O–H groups in total. The van der Waals surface area contributed by atoms with Crippen LogP contribution >= 0.6 is 0 Å². The van der Waals surface area contributed by atoms with Gasteiger partial charge in [-0.05, 0) is 70.0 Å². The molecular formula is C42H82O18Si2. The third-order valence-corrected chi connectivity index (χ3v) is 18.3. The van der Waals surface area contributed by atoms with E-state index in [4.69, 9.17) is 67.5 Å². The van der Waals surface area contributed by atoms with Gasteiger partial charge in [-0.1, -0.05) is 24.7 Å². The largest absolute Gasteiger partial charge is 0.481 e. The van der Waals surface area contributed by atoms with Crippen LogP contribution in [-0.4, -0.2) is 186 Å². The molecule has 0 saturated carbocycles. The Morgan fingerprint density at radius 1 is 0.306 bits per heavy atom. The van der Waals surface area contributed by atoms with Crippen LogP contribution in [0.4, 0.5) is 0 Å². The van der Waals surface area contributed by atoms with Gasteiger partial charge >= 0.3 is 23.9 Å². The van der Waals surface area contributed by atoms with Crippen molar-refractivity contribution >= 4 is 40.3 Å². The summed E-state index contributed by atoms with van der Waals surface area (Å²) >= 11 is 0. The monoisotopic (exact) mass is 931 g/mol. The molecule has 0 spiro atoms. The quantitative estimate of drug-likeness (QED) is 0.0415. The predicted octanol–water partition coefficient (Wildman–Crippen LogP) is 5.83. The van der Waals surface area contributed by atoms with E-state index in [0.29, 0.717) is 99.1 Å². The van der Waals surface area contributed by atoms with Gasteiger partial charge in [0.05, 0.1) is 113 Å². The first-order valence-electron chi connectivity index (χ1n) is 22.6. The fraction of sp³-hybridized carbons (Fsp3) is 0.905. The third kappa shape index (κ3) is 44.5. The molecule has 0 amide bonds. The van der Waals surface area contributed by atoms with E-state index in [1.54, 1.807) is 0 Å². The SMILES string of the molecule is C[Si](CCCOCCOCCC[Si](C)(CCCOCCOCCC(=O)O)OCCCCCOCCC(=O)O)(CCCOCCOCCC(=O)O)CCCOCCOCCC(=O)O.